The summed E-state index contributed by atoms with van der Waals surface area (Å²) in [5.41, 5.74) is 3.99. The molecule has 0 bridgehead atoms. The number of hydrogen-bond acceptors (Lipinski definition) is 6. The number of ether oxygens (including phenoxy) is 1. The number of rotatable bonds is 6. The fraction of sp³-hybridized carbons (Fsp3) is 0.200. The van der Waals surface area contributed by atoms with Crippen molar-refractivity contribution in [3.05, 3.63) is 46.6 Å². The monoisotopic (exact) mass is 350 g/mol. The number of carbonyl (C=O) groups excluding carboxylic acids is 1. The minimum Gasteiger partial charge on any atom is -0.467 e. The van der Waals surface area contributed by atoms with Crippen LogP contribution in [0.3, 0.4) is 0 Å². The van der Waals surface area contributed by atoms with Crippen LogP contribution < -0.4 is 10.2 Å². The van der Waals surface area contributed by atoms with Gasteiger partial charge in [-0.3, -0.25) is 4.79 Å². The number of hydrogen-bond donors (Lipinski definition) is 1. The highest BCUT2D eigenvalue weighted by atomic mass is 35.5. The first-order chi connectivity index (χ1) is 11.1. The molecule has 1 N–H and O–H groups in total. The Kier molecular flexibility index (Phi) is 6.37. The molecule has 1 aromatic carbocycles. The zero-order chi connectivity index (χ0) is 16.7. The summed E-state index contributed by atoms with van der Waals surface area (Å²) in [6, 6.07) is 8.75. The van der Waals surface area contributed by atoms with Gasteiger partial charge in [0, 0.05) is 16.8 Å². The van der Waals surface area contributed by atoms with E-state index in [9.17, 15) is 4.79 Å². The van der Waals surface area contributed by atoms with E-state index in [-0.39, 0.29) is 12.5 Å². The van der Waals surface area contributed by atoms with Crippen LogP contribution in [0.2, 0.25) is 5.02 Å². The molecular weight excluding hydrogens is 336 g/mol. The Morgan fingerprint density at radius 2 is 2.13 bits per heavy atom. The topological polar surface area (TPSA) is 76.5 Å². The van der Waals surface area contributed by atoms with E-state index in [0.29, 0.717) is 16.1 Å². The van der Waals surface area contributed by atoms with Crippen LogP contribution >= 0.6 is 23.4 Å². The molecule has 2 aromatic rings. The largest absolute Gasteiger partial charge is 0.467 e. The van der Waals surface area contributed by atoms with E-state index in [1.54, 1.807) is 30.3 Å². The maximum Gasteiger partial charge on any atom is 0.278 e. The summed E-state index contributed by atoms with van der Waals surface area (Å²) >= 11 is 7.19. The van der Waals surface area contributed by atoms with E-state index in [4.69, 9.17) is 16.3 Å². The van der Waals surface area contributed by atoms with Gasteiger partial charge in [-0.05, 0) is 30.9 Å². The first-order valence-electron chi connectivity index (χ1n) is 6.67. The van der Waals surface area contributed by atoms with Crippen molar-refractivity contribution in [2.75, 3.05) is 12.9 Å². The summed E-state index contributed by atoms with van der Waals surface area (Å²) in [4.78, 5) is 20.0. The van der Waals surface area contributed by atoms with Crippen LogP contribution in [0.4, 0.5) is 0 Å². The molecule has 2 rings (SSSR count). The van der Waals surface area contributed by atoms with Crippen molar-refractivity contribution in [3.63, 3.8) is 0 Å². The Morgan fingerprint density at radius 1 is 1.39 bits per heavy atom. The van der Waals surface area contributed by atoms with Crippen LogP contribution in [0.5, 0.6) is 5.88 Å². The van der Waals surface area contributed by atoms with Crippen molar-refractivity contribution < 1.29 is 9.53 Å². The quantitative estimate of drug-likeness (QED) is 0.375. The van der Waals surface area contributed by atoms with Gasteiger partial charge in [0.15, 0.2) is 11.8 Å². The standard InChI is InChI=1S/C15H15ClN4O2S/c1-10-7-14(19-15(18-10)23-2)22-9-13(21)20-17-8-11-3-5-12(16)6-4-11/h3-8H,9H2,1-2H3,(H,20,21). The second-order valence-electron chi connectivity index (χ2n) is 4.47. The number of thioether (sulfide) groups is 1. The summed E-state index contributed by atoms with van der Waals surface area (Å²) < 4.78 is 5.34. The average molecular weight is 351 g/mol. The third-order valence-corrected chi connectivity index (χ3v) is 3.42. The third-order valence-electron chi connectivity index (χ3n) is 2.62. The maximum atomic E-state index is 11.7. The highest BCUT2D eigenvalue weighted by molar-refractivity contribution is 7.98. The summed E-state index contributed by atoms with van der Waals surface area (Å²) in [6.45, 7) is 1.66. The fourth-order valence-corrected chi connectivity index (χ4v) is 2.12. The van der Waals surface area contributed by atoms with Gasteiger partial charge in [-0.1, -0.05) is 35.5 Å². The SMILES string of the molecule is CSc1nc(C)cc(OCC(=O)NN=Cc2ccc(Cl)cc2)n1. The molecule has 23 heavy (non-hydrogen) atoms. The fourth-order valence-electron chi connectivity index (χ4n) is 1.58. The van der Waals surface area contributed by atoms with Gasteiger partial charge in [-0.2, -0.15) is 10.1 Å². The molecule has 0 radical (unpaired) electrons. The summed E-state index contributed by atoms with van der Waals surface area (Å²) in [5, 5.41) is 5.09. The zero-order valence-electron chi connectivity index (χ0n) is 12.6. The number of nitrogens with one attached hydrogen (secondary N) is 1. The molecular formula is C15H15ClN4O2S. The van der Waals surface area contributed by atoms with Gasteiger partial charge >= 0.3 is 0 Å². The molecule has 6 nitrogen and oxygen atoms in total. The number of hydrazone groups is 1. The van der Waals surface area contributed by atoms with Gasteiger partial charge in [0.25, 0.3) is 5.91 Å². The van der Waals surface area contributed by atoms with Gasteiger partial charge in [0.2, 0.25) is 5.88 Å². The van der Waals surface area contributed by atoms with Crippen molar-refractivity contribution in [1.29, 1.82) is 0 Å². The van der Waals surface area contributed by atoms with Crippen LogP contribution in [0.15, 0.2) is 40.6 Å². The number of halogens is 1. The van der Waals surface area contributed by atoms with Crippen molar-refractivity contribution in [3.8, 4) is 5.88 Å². The summed E-state index contributed by atoms with van der Waals surface area (Å²) in [5.74, 6) is -0.0177. The molecule has 0 aliphatic carbocycles. The lowest BCUT2D eigenvalue weighted by Gasteiger charge is -2.06. The lowest BCUT2D eigenvalue weighted by atomic mass is 10.2. The Morgan fingerprint density at radius 3 is 2.83 bits per heavy atom. The van der Waals surface area contributed by atoms with Crippen molar-refractivity contribution in [2.45, 2.75) is 12.1 Å². The average Bonchev–Trinajstić information content (AvgIpc) is 2.54. The highest BCUT2D eigenvalue weighted by Gasteiger charge is 2.05. The van der Waals surface area contributed by atoms with Gasteiger partial charge in [-0.25, -0.2) is 10.4 Å². The number of carbonyl (C=O) groups is 1. The molecule has 0 saturated carbocycles. The molecule has 0 aliphatic heterocycles. The van der Waals surface area contributed by atoms with Crippen molar-refractivity contribution in [2.24, 2.45) is 5.10 Å². The number of benzene rings is 1. The van der Waals surface area contributed by atoms with Gasteiger partial charge in [0.1, 0.15) is 0 Å². The maximum absolute atomic E-state index is 11.7. The Bertz CT molecular complexity index is 707. The van der Waals surface area contributed by atoms with E-state index in [0.717, 1.165) is 11.3 Å². The molecule has 0 atom stereocenters. The molecule has 1 amide bonds. The second-order valence-corrected chi connectivity index (χ2v) is 5.68. The van der Waals surface area contributed by atoms with Gasteiger partial charge < -0.3 is 4.74 Å². The molecule has 0 spiro atoms. The minimum absolute atomic E-state index is 0.178. The number of nitrogens with zero attached hydrogens (tertiary/aromatic N) is 3. The van der Waals surface area contributed by atoms with Crippen LogP contribution in [0.25, 0.3) is 0 Å². The van der Waals surface area contributed by atoms with E-state index < -0.39 is 0 Å². The number of aromatic nitrogens is 2. The molecule has 0 saturated heterocycles. The Hall–Kier alpha value is -2.12. The third kappa shape index (κ3) is 5.88. The molecule has 8 heteroatoms. The smallest absolute Gasteiger partial charge is 0.278 e. The van der Waals surface area contributed by atoms with Crippen LogP contribution in [0, 0.1) is 6.92 Å². The zero-order valence-corrected chi connectivity index (χ0v) is 14.2. The molecule has 0 unspecified atom stereocenters. The van der Waals surface area contributed by atoms with Crippen LogP contribution in [-0.4, -0.2) is 35.0 Å². The predicted octanol–water partition coefficient (Wildman–Crippen LogP) is 2.69. The van der Waals surface area contributed by atoms with E-state index in [2.05, 4.69) is 20.5 Å². The molecule has 0 fully saturated rings. The first kappa shape index (κ1) is 17.2. The predicted molar refractivity (Wildman–Crippen MR) is 91.2 cm³/mol. The number of amides is 1. The van der Waals surface area contributed by atoms with Crippen molar-refractivity contribution in [1.82, 2.24) is 15.4 Å². The van der Waals surface area contributed by atoms with E-state index >= 15 is 0 Å². The molecule has 1 aromatic heterocycles. The van der Waals surface area contributed by atoms with Crippen molar-refractivity contribution >= 4 is 35.5 Å². The molecule has 0 aliphatic rings. The van der Waals surface area contributed by atoms with Gasteiger partial charge in [0.05, 0.1) is 6.21 Å². The Labute approximate surface area is 143 Å². The first-order valence-corrected chi connectivity index (χ1v) is 8.27. The van der Waals surface area contributed by atoms with Crippen LogP contribution in [0.1, 0.15) is 11.3 Å². The molecule has 120 valence electrons. The highest BCUT2D eigenvalue weighted by Crippen LogP contribution is 2.15. The lowest BCUT2D eigenvalue weighted by Crippen LogP contribution is -2.24. The lowest BCUT2D eigenvalue weighted by molar-refractivity contribution is -0.123. The van der Waals surface area contributed by atoms with E-state index in [1.807, 2.05) is 13.2 Å². The second kappa shape index (κ2) is 8.50. The summed E-state index contributed by atoms with van der Waals surface area (Å²) in [7, 11) is 0. The van der Waals surface area contributed by atoms with E-state index in [1.165, 1.54) is 18.0 Å². The normalized spacial score (nSPS) is 10.7. The minimum atomic E-state index is -0.378. The Balaban J connectivity index is 1.83. The van der Waals surface area contributed by atoms with Crippen LogP contribution in [-0.2, 0) is 4.79 Å². The van der Waals surface area contributed by atoms with Gasteiger partial charge in [-0.15, -0.1) is 0 Å². The molecule has 1 heterocycles. The summed E-state index contributed by atoms with van der Waals surface area (Å²) in [6.07, 6.45) is 3.39. The number of aryl methyl sites for hydroxylation is 1.